The lowest BCUT2D eigenvalue weighted by Gasteiger charge is -2.27. The Morgan fingerprint density at radius 2 is 1.62 bits per heavy atom. The van der Waals surface area contributed by atoms with Crippen LogP contribution in [0.15, 0.2) is 77.7 Å². The Kier molecular flexibility index (Phi) is 6.65. The van der Waals surface area contributed by atoms with Crippen LogP contribution in [0.5, 0.6) is 0 Å². The second-order valence-corrected chi connectivity index (χ2v) is 8.93. The van der Waals surface area contributed by atoms with Gasteiger partial charge in [-0.05, 0) is 52.8 Å². The molecule has 1 amide bonds. The van der Waals surface area contributed by atoms with Gasteiger partial charge in [0.25, 0.3) is 0 Å². The smallest absolute Gasteiger partial charge is 0.228 e. The Morgan fingerprint density at radius 1 is 0.966 bits per heavy atom. The first kappa shape index (κ1) is 21.0. The fraction of sp³-hybridized carbons (Fsp3) is 0.240. The highest BCUT2D eigenvalue weighted by molar-refractivity contribution is 7.99. The van der Waals surface area contributed by atoms with Gasteiger partial charge in [0.2, 0.25) is 5.91 Å². The third kappa shape index (κ3) is 5.21. The number of anilines is 2. The number of hydrogen-bond acceptors (Lipinski definition) is 3. The Hall–Kier alpha value is -2.72. The number of benzene rings is 3. The molecule has 0 aliphatic heterocycles. The average molecular weight is 405 g/mol. The van der Waals surface area contributed by atoms with E-state index in [0.29, 0.717) is 6.42 Å². The van der Waals surface area contributed by atoms with Crippen LogP contribution in [-0.2, 0) is 16.6 Å². The van der Waals surface area contributed by atoms with Crippen LogP contribution >= 0.6 is 11.8 Å². The maximum absolute atomic E-state index is 12.4. The molecule has 3 N–H and O–H groups in total. The van der Waals surface area contributed by atoms with E-state index in [1.165, 1.54) is 4.90 Å². The highest BCUT2D eigenvalue weighted by atomic mass is 32.2. The van der Waals surface area contributed by atoms with Crippen molar-refractivity contribution in [1.29, 1.82) is 0 Å². The zero-order valence-corrected chi connectivity index (χ0v) is 18.1. The van der Waals surface area contributed by atoms with Crippen molar-refractivity contribution in [3.8, 4) is 0 Å². The van der Waals surface area contributed by atoms with Gasteiger partial charge in [-0.3, -0.25) is 4.79 Å². The highest BCUT2D eigenvalue weighted by Crippen LogP contribution is 2.35. The van der Waals surface area contributed by atoms with Gasteiger partial charge in [0.15, 0.2) is 0 Å². The molecule has 0 saturated heterocycles. The average Bonchev–Trinajstić information content (AvgIpc) is 2.70. The summed E-state index contributed by atoms with van der Waals surface area (Å²) >= 11 is 1.80. The van der Waals surface area contributed by atoms with E-state index in [-0.39, 0.29) is 11.3 Å². The van der Waals surface area contributed by atoms with Crippen molar-refractivity contribution < 1.29 is 4.79 Å². The normalized spacial score (nSPS) is 11.3. The van der Waals surface area contributed by atoms with Crippen LogP contribution in [-0.4, -0.2) is 11.7 Å². The van der Waals surface area contributed by atoms with E-state index >= 15 is 0 Å². The van der Waals surface area contributed by atoms with Crippen molar-refractivity contribution in [2.75, 3.05) is 16.8 Å². The van der Waals surface area contributed by atoms with E-state index in [1.807, 2.05) is 42.5 Å². The number of thioether (sulfide) groups is 1. The minimum atomic E-state index is -0.216. The summed E-state index contributed by atoms with van der Waals surface area (Å²) in [6.45, 7) is 6.45. The fourth-order valence-electron chi connectivity index (χ4n) is 3.45. The van der Waals surface area contributed by atoms with Crippen molar-refractivity contribution >= 4 is 29.0 Å². The third-order valence-electron chi connectivity index (χ3n) is 5.12. The summed E-state index contributed by atoms with van der Waals surface area (Å²) < 4.78 is 0. The molecule has 0 radical (unpaired) electrons. The van der Waals surface area contributed by atoms with Crippen LogP contribution < -0.4 is 11.1 Å². The first-order valence-corrected chi connectivity index (χ1v) is 10.9. The number of para-hydroxylation sites is 1. The van der Waals surface area contributed by atoms with Crippen molar-refractivity contribution in [1.82, 2.24) is 0 Å². The lowest BCUT2D eigenvalue weighted by atomic mass is 9.77. The zero-order chi connectivity index (χ0) is 20.9. The molecule has 0 atom stereocenters. The fourth-order valence-corrected chi connectivity index (χ4v) is 4.11. The zero-order valence-electron chi connectivity index (χ0n) is 17.2. The van der Waals surface area contributed by atoms with Gasteiger partial charge in [-0.25, -0.2) is 0 Å². The molecule has 0 fully saturated rings. The van der Waals surface area contributed by atoms with E-state index < -0.39 is 0 Å². The number of nitrogens with two attached hydrogens (primary N) is 1. The van der Waals surface area contributed by atoms with Gasteiger partial charge >= 0.3 is 0 Å². The highest BCUT2D eigenvalue weighted by Gasteiger charge is 2.25. The largest absolute Gasteiger partial charge is 0.398 e. The molecule has 29 heavy (non-hydrogen) atoms. The molecule has 0 aromatic heterocycles. The van der Waals surface area contributed by atoms with Crippen molar-refractivity contribution in [2.24, 2.45) is 0 Å². The molecule has 0 unspecified atom stereocenters. The minimum absolute atomic E-state index is 0.0137. The molecule has 0 heterocycles. The number of rotatable bonds is 7. The van der Waals surface area contributed by atoms with Gasteiger partial charge in [0.1, 0.15) is 0 Å². The van der Waals surface area contributed by atoms with Crippen molar-refractivity contribution in [3.63, 3.8) is 0 Å². The Morgan fingerprint density at radius 3 is 2.24 bits per heavy atom. The molecular weight excluding hydrogens is 376 g/mol. The third-order valence-corrected chi connectivity index (χ3v) is 6.02. The molecular formula is C25H28N2OS. The summed E-state index contributed by atoms with van der Waals surface area (Å²) in [4.78, 5) is 13.6. The Bertz CT molecular complexity index is 963. The summed E-state index contributed by atoms with van der Waals surface area (Å²) in [7, 11) is 0. The molecule has 0 saturated carbocycles. The van der Waals surface area contributed by atoms with Crippen LogP contribution in [0.4, 0.5) is 11.4 Å². The summed E-state index contributed by atoms with van der Waals surface area (Å²) in [5, 5.41) is 2.99. The predicted molar refractivity (Wildman–Crippen MR) is 125 cm³/mol. The molecule has 0 bridgehead atoms. The molecule has 0 aliphatic rings. The van der Waals surface area contributed by atoms with Gasteiger partial charge in [-0.2, -0.15) is 0 Å². The van der Waals surface area contributed by atoms with Crippen molar-refractivity contribution in [2.45, 2.75) is 37.5 Å². The van der Waals surface area contributed by atoms with Crippen LogP contribution in [0.3, 0.4) is 0 Å². The van der Waals surface area contributed by atoms with E-state index in [0.717, 1.165) is 33.8 Å². The van der Waals surface area contributed by atoms with E-state index in [4.69, 9.17) is 5.73 Å². The molecule has 0 spiro atoms. The van der Waals surface area contributed by atoms with Gasteiger partial charge in [0.05, 0.1) is 6.42 Å². The Labute approximate surface area is 177 Å². The number of hydrogen-bond donors (Lipinski definition) is 2. The van der Waals surface area contributed by atoms with Gasteiger partial charge < -0.3 is 11.1 Å². The topological polar surface area (TPSA) is 55.1 Å². The quantitative estimate of drug-likeness (QED) is 0.381. The molecule has 150 valence electrons. The monoisotopic (exact) mass is 404 g/mol. The maximum atomic E-state index is 12.4. The molecule has 3 rings (SSSR count). The summed E-state index contributed by atoms with van der Waals surface area (Å²) in [5.41, 5.74) is 10.8. The van der Waals surface area contributed by atoms with E-state index in [1.54, 1.807) is 11.8 Å². The number of nitrogen functional groups attached to an aromatic ring is 1. The minimum Gasteiger partial charge on any atom is -0.398 e. The molecule has 3 nitrogen and oxygen atoms in total. The second-order valence-electron chi connectivity index (χ2n) is 7.59. The number of amides is 1. The van der Waals surface area contributed by atoms with Crippen LogP contribution in [0.1, 0.15) is 37.5 Å². The van der Waals surface area contributed by atoms with Crippen LogP contribution in [0, 0.1) is 0 Å². The maximum Gasteiger partial charge on any atom is 0.228 e. The SMILES string of the molecule is CCSc1ccc(CC(=O)Nc2ccc(C(C)(C)c3ccccc3N)cc2)cc1. The first-order valence-electron chi connectivity index (χ1n) is 9.87. The molecule has 3 aromatic rings. The number of nitrogens with one attached hydrogen (secondary N) is 1. The summed E-state index contributed by atoms with van der Waals surface area (Å²) in [5.74, 6) is 1.03. The van der Waals surface area contributed by atoms with Gasteiger partial charge in [-0.15, -0.1) is 11.8 Å². The lowest BCUT2D eigenvalue weighted by Crippen LogP contribution is -2.21. The standard InChI is InChI=1S/C25H28N2OS/c1-4-29-21-15-9-18(10-16-21)17-24(28)27-20-13-11-19(12-14-20)25(2,3)22-7-5-6-8-23(22)26/h5-16H,4,17,26H2,1-3H3,(H,27,28). The molecule has 3 aromatic carbocycles. The van der Waals surface area contributed by atoms with E-state index in [9.17, 15) is 4.79 Å². The van der Waals surface area contributed by atoms with Gasteiger partial charge in [-0.1, -0.05) is 63.2 Å². The van der Waals surface area contributed by atoms with E-state index in [2.05, 4.69) is 56.4 Å². The first-order chi connectivity index (χ1) is 13.9. The lowest BCUT2D eigenvalue weighted by molar-refractivity contribution is -0.115. The second kappa shape index (κ2) is 9.19. The summed E-state index contributed by atoms with van der Waals surface area (Å²) in [6.07, 6.45) is 0.366. The molecule has 0 aliphatic carbocycles. The number of carbonyl (C=O) groups is 1. The van der Waals surface area contributed by atoms with Gasteiger partial charge in [0, 0.05) is 21.7 Å². The molecule has 4 heteroatoms. The van der Waals surface area contributed by atoms with Crippen LogP contribution in [0.2, 0.25) is 0 Å². The summed E-state index contributed by atoms with van der Waals surface area (Å²) in [6, 6.07) is 24.2. The Balaban J connectivity index is 1.65. The van der Waals surface area contributed by atoms with Crippen molar-refractivity contribution in [3.05, 3.63) is 89.5 Å². The number of carbonyl (C=O) groups excluding carboxylic acids is 1. The van der Waals surface area contributed by atoms with Crippen LogP contribution in [0.25, 0.3) is 0 Å². The predicted octanol–water partition coefficient (Wildman–Crippen LogP) is 5.89.